The molecule has 0 aliphatic rings. The molecule has 0 saturated carbocycles. The van der Waals surface area contributed by atoms with Crippen molar-refractivity contribution in [2.75, 3.05) is 0 Å². The average Bonchev–Trinajstić information content (AvgIpc) is 2.38. The lowest BCUT2D eigenvalue weighted by atomic mass is 10.2. The minimum Gasteiger partial charge on any atom is -0.348 e. The summed E-state index contributed by atoms with van der Waals surface area (Å²) in [6.07, 6.45) is 2.45. The fraction of sp³-hybridized carbons (Fsp3) is 0.0833. The number of hydrogen-bond donors (Lipinski definition) is 2. The van der Waals surface area contributed by atoms with Crippen molar-refractivity contribution in [2.45, 2.75) is 6.54 Å². The number of amides is 1. The van der Waals surface area contributed by atoms with E-state index in [1.165, 1.54) is 12.5 Å². The molecule has 6 heteroatoms. The maximum atomic E-state index is 11.7. The van der Waals surface area contributed by atoms with Crippen LogP contribution in [0.15, 0.2) is 41.6 Å². The van der Waals surface area contributed by atoms with E-state index in [9.17, 15) is 9.59 Å². The molecule has 0 bridgehead atoms. The molecule has 18 heavy (non-hydrogen) atoms. The highest BCUT2D eigenvalue weighted by Gasteiger charge is 2.10. The number of H-pyrrole nitrogens is 1. The molecule has 0 aliphatic carbocycles. The minimum atomic E-state index is -0.482. The van der Waals surface area contributed by atoms with Crippen LogP contribution in [0, 0.1) is 0 Å². The first-order chi connectivity index (χ1) is 8.68. The van der Waals surface area contributed by atoms with E-state index in [1.807, 2.05) is 6.07 Å². The van der Waals surface area contributed by atoms with Crippen molar-refractivity contribution < 1.29 is 4.79 Å². The highest BCUT2D eigenvalue weighted by molar-refractivity contribution is 6.31. The quantitative estimate of drug-likeness (QED) is 0.878. The predicted octanol–water partition coefficient (Wildman–Crippen LogP) is 1.35. The van der Waals surface area contributed by atoms with Gasteiger partial charge >= 0.3 is 0 Å². The molecule has 0 saturated heterocycles. The van der Waals surface area contributed by atoms with Crippen molar-refractivity contribution in [3.8, 4) is 0 Å². The SMILES string of the molecule is O=C(NCc1ccccc1Cl)c1cnc[nH]c1=O. The zero-order valence-corrected chi connectivity index (χ0v) is 10.1. The average molecular weight is 264 g/mol. The highest BCUT2D eigenvalue weighted by Crippen LogP contribution is 2.14. The Morgan fingerprint density at radius 2 is 2.17 bits per heavy atom. The maximum Gasteiger partial charge on any atom is 0.263 e. The summed E-state index contributed by atoms with van der Waals surface area (Å²) in [4.78, 5) is 29.1. The van der Waals surface area contributed by atoms with Gasteiger partial charge in [-0.05, 0) is 11.6 Å². The normalized spacial score (nSPS) is 10.1. The molecule has 2 rings (SSSR count). The van der Waals surface area contributed by atoms with E-state index in [2.05, 4.69) is 15.3 Å². The third kappa shape index (κ3) is 2.75. The van der Waals surface area contributed by atoms with Crippen LogP contribution in [0.4, 0.5) is 0 Å². The van der Waals surface area contributed by atoms with Gasteiger partial charge in [-0.2, -0.15) is 0 Å². The molecule has 1 aromatic carbocycles. The summed E-state index contributed by atoms with van der Waals surface area (Å²) in [7, 11) is 0. The molecule has 0 unspecified atom stereocenters. The van der Waals surface area contributed by atoms with Gasteiger partial charge in [-0.1, -0.05) is 29.8 Å². The third-order valence-electron chi connectivity index (χ3n) is 2.36. The second-order valence-electron chi connectivity index (χ2n) is 3.57. The van der Waals surface area contributed by atoms with Crippen LogP contribution < -0.4 is 10.9 Å². The monoisotopic (exact) mass is 263 g/mol. The Bertz CT molecular complexity index is 624. The summed E-state index contributed by atoms with van der Waals surface area (Å²) in [5.74, 6) is -0.482. The summed E-state index contributed by atoms with van der Waals surface area (Å²) in [6.45, 7) is 0.257. The lowest BCUT2D eigenvalue weighted by Crippen LogP contribution is -2.29. The van der Waals surface area contributed by atoms with Gasteiger partial charge in [-0.15, -0.1) is 0 Å². The van der Waals surface area contributed by atoms with E-state index in [0.717, 1.165) is 5.56 Å². The minimum absolute atomic E-state index is 0.0236. The Morgan fingerprint density at radius 3 is 2.89 bits per heavy atom. The highest BCUT2D eigenvalue weighted by atomic mass is 35.5. The van der Waals surface area contributed by atoms with Crippen molar-refractivity contribution in [1.82, 2.24) is 15.3 Å². The number of hydrogen-bond acceptors (Lipinski definition) is 3. The second-order valence-corrected chi connectivity index (χ2v) is 3.98. The number of halogens is 1. The number of aromatic amines is 1. The molecular weight excluding hydrogens is 254 g/mol. The van der Waals surface area contributed by atoms with Crippen molar-refractivity contribution >= 4 is 17.5 Å². The zero-order chi connectivity index (χ0) is 13.0. The third-order valence-corrected chi connectivity index (χ3v) is 2.73. The Kier molecular flexibility index (Phi) is 3.74. The Balaban J connectivity index is 2.08. The van der Waals surface area contributed by atoms with E-state index >= 15 is 0 Å². The van der Waals surface area contributed by atoms with Gasteiger partial charge in [0.1, 0.15) is 5.56 Å². The maximum absolute atomic E-state index is 11.7. The summed E-state index contributed by atoms with van der Waals surface area (Å²) in [6, 6.07) is 7.17. The van der Waals surface area contributed by atoms with Crippen LogP contribution in [0.25, 0.3) is 0 Å². The van der Waals surface area contributed by atoms with Crippen LogP contribution in [-0.2, 0) is 6.54 Å². The summed E-state index contributed by atoms with van der Waals surface area (Å²) < 4.78 is 0. The van der Waals surface area contributed by atoms with Crippen molar-refractivity contribution in [2.24, 2.45) is 0 Å². The lowest BCUT2D eigenvalue weighted by molar-refractivity contribution is 0.0949. The van der Waals surface area contributed by atoms with Crippen LogP contribution in [-0.4, -0.2) is 15.9 Å². The van der Waals surface area contributed by atoms with E-state index < -0.39 is 11.5 Å². The van der Waals surface area contributed by atoms with Gasteiger partial charge < -0.3 is 10.3 Å². The summed E-state index contributed by atoms with van der Waals surface area (Å²) >= 11 is 5.95. The molecule has 92 valence electrons. The van der Waals surface area contributed by atoms with E-state index in [4.69, 9.17) is 11.6 Å². The molecule has 0 aliphatic heterocycles. The molecule has 5 nitrogen and oxygen atoms in total. The first kappa shape index (κ1) is 12.3. The molecule has 2 N–H and O–H groups in total. The van der Waals surface area contributed by atoms with Gasteiger partial charge in [0.25, 0.3) is 11.5 Å². The van der Waals surface area contributed by atoms with Gasteiger partial charge in [0.05, 0.1) is 6.33 Å². The number of nitrogens with one attached hydrogen (secondary N) is 2. The Labute approximate surface area is 108 Å². The lowest BCUT2D eigenvalue weighted by Gasteiger charge is -2.05. The predicted molar refractivity (Wildman–Crippen MR) is 67.5 cm³/mol. The second kappa shape index (κ2) is 5.46. The van der Waals surface area contributed by atoms with Crippen LogP contribution in [0.1, 0.15) is 15.9 Å². The van der Waals surface area contributed by atoms with Gasteiger partial charge in [0.2, 0.25) is 0 Å². The van der Waals surface area contributed by atoms with E-state index in [1.54, 1.807) is 18.2 Å². The molecule has 1 heterocycles. The fourth-order valence-electron chi connectivity index (χ4n) is 1.42. The molecule has 1 aromatic heterocycles. The van der Waals surface area contributed by atoms with Gasteiger partial charge in [-0.25, -0.2) is 4.98 Å². The molecule has 0 fully saturated rings. The first-order valence-corrected chi connectivity index (χ1v) is 5.60. The molecule has 2 aromatic rings. The number of benzene rings is 1. The molecule has 1 amide bonds. The first-order valence-electron chi connectivity index (χ1n) is 5.23. The summed E-state index contributed by atoms with van der Waals surface area (Å²) in [5, 5.41) is 3.18. The topological polar surface area (TPSA) is 74.8 Å². The summed E-state index contributed by atoms with van der Waals surface area (Å²) in [5.41, 5.74) is 0.291. The number of aromatic nitrogens is 2. The molecule has 0 spiro atoms. The molecule has 0 atom stereocenters. The van der Waals surface area contributed by atoms with Crippen LogP contribution in [0.2, 0.25) is 5.02 Å². The van der Waals surface area contributed by atoms with Crippen LogP contribution in [0.3, 0.4) is 0 Å². The molecule has 0 radical (unpaired) electrons. The van der Waals surface area contributed by atoms with Crippen LogP contribution in [0.5, 0.6) is 0 Å². The number of nitrogens with zero attached hydrogens (tertiary/aromatic N) is 1. The number of carbonyl (C=O) groups is 1. The standard InChI is InChI=1S/C12H10ClN3O2/c13-10-4-2-1-3-8(10)5-15-11(17)9-6-14-7-16-12(9)18/h1-4,6-7H,5H2,(H,15,17)(H,14,16,18). The van der Waals surface area contributed by atoms with Gasteiger partial charge in [-0.3, -0.25) is 9.59 Å². The van der Waals surface area contributed by atoms with Gasteiger partial charge in [0, 0.05) is 17.8 Å². The molecular formula is C12H10ClN3O2. The Hall–Kier alpha value is -2.14. The van der Waals surface area contributed by atoms with E-state index in [0.29, 0.717) is 5.02 Å². The van der Waals surface area contributed by atoms with E-state index in [-0.39, 0.29) is 12.1 Å². The van der Waals surface area contributed by atoms with Crippen molar-refractivity contribution in [3.05, 3.63) is 63.3 Å². The fourth-order valence-corrected chi connectivity index (χ4v) is 1.62. The zero-order valence-electron chi connectivity index (χ0n) is 9.31. The smallest absolute Gasteiger partial charge is 0.263 e. The number of carbonyl (C=O) groups excluding carboxylic acids is 1. The number of rotatable bonds is 3. The largest absolute Gasteiger partial charge is 0.348 e. The van der Waals surface area contributed by atoms with Crippen LogP contribution >= 0.6 is 11.6 Å². The van der Waals surface area contributed by atoms with Crippen molar-refractivity contribution in [3.63, 3.8) is 0 Å². The Morgan fingerprint density at radius 1 is 1.39 bits per heavy atom. The van der Waals surface area contributed by atoms with Crippen molar-refractivity contribution in [1.29, 1.82) is 0 Å². The van der Waals surface area contributed by atoms with Gasteiger partial charge in [0.15, 0.2) is 0 Å².